The molecule has 0 spiro atoms. The lowest BCUT2D eigenvalue weighted by molar-refractivity contribution is 0.407. The molecule has 7 heteroatoms. The van der Waals surface area contributed by atoms with Crippen LogP contribution in [0.15, 0.2) is 45.9 Å². The first-order valence-electron chi connectivity index (χ1n) is 5.93. The highest BCUT2D eigenvalue weighted by molar-refractivity contribution is 7.92. The molecular weight excluding hydrogens is 283 g/mol. The number of furan rings is 1. The van der Waals surface area contributed by atoms with E-state index in [0.29, 0.717) is 12.3 Å². The molecule has 1 aromatic carbocycles. The van der Waals surface area contributed by atoms with E-state index in [2.05, 4.69) is 5.32 Å². The van der Waals surface area contributed by atoms with Crippen molar-refractivity contribution in [2.24, 2.45) is 0 Å². The third-order valence-corrected chi connectivity index (χ3v) is 4.43. The van der Waals surface area contributed by atoms with E-state index in [1.54, 1.807) is 13.1 Å². The van der Waals surface area contributed by atoms with Gasteiger partial charge in [0, 0.05) is 7.05 Å². The van der Waals surface area contributed by atoms with Crippen molar-refractivity contribution in [3.05, 3.63) is 48.0 Å². The second-order valence-electron chi connectivity index (χ2n) is 4.20. The standard InChI is InChI=1S/C13H15FN2O3S/c1-15-9-12-6-7-13(19-12)20(17,18)16(2)11-5-3-4-10(14)8-11/h3-8,15H,9H2,1-2H3. The van der Waals surface area contributed by atoms with Crippen LogP contribution in [-0.2, 0) is 16.6 Å². The third kappa shape index (κ3) is 2.83. The van der Waals surface area contributed by atoms with E-state index in [1.165, 1.54) is 31.3 Å². The van der Waals surface area contributed by atoms with Gasteiger partial charge in [-0.15, -0.1) is 0 Å². The van der Waals surface area contributed by atoms with E-state index >= 15 is 0 Å². The predicted octanol–water partition coefficient (Wildman–Crippen LogP) is 1.96. The maximum Gasteiger partial charge on any atom is 0.297 e. The molecule has 0 amide bonds. The van der Waals surface area contributed by atoms with Gasteiger partial charge in [-0.3, -0.25) is 4.31 Å². The summed E-state index contributed by atoms with van der Waals surface area (Å²) in [5, 5.41) is 2.69. The minimum Gasteiger partial charge on any atom is -0.446 e. The van der Waals surface area contributed by atoms with Crippen LogP contribution in [0.3, 0.4) is 0 Å². The second-order valence-corrected chi connectivity index (χ2v) is 6.10. The Kier molecular flexibility index (Phi) is 4.10. The van der Waals surface area contributed by atoms with E-state index < -0.39 is 15.8 Å². The summed E-state index contributed by atoms with van der Waals surface area (Å²) in [6, 6.07) is 8.33. The van der Waals surface area contributed by atoms with Crippen LogP contribution in [0.4, 0.5) is 10.1 Å². The molecule has 1 N–H and O–H groups in total. The van der Waals surface area contributed by atoms with Crippen LogP contribution >= 0.6 is 0 Å². The number of rotatable bonds is 5. The zero-order valence-electron chi connectivity index (χ0n) is 11.1. The summed E-state index contributed by atoms with van der Waals surface area (Å²) in [5.74, 6) is 0.0126. The molecule has 0 aliphatic rings. The molecule has 5 nitrogen and oxygen atoms in total. The lowest BCUT2D eigenvalue weighted by Crippen LogP contribution is -2.26. The molecule has 1 heterocycles. The number of halogens is 1. The van der Waals surface area contributed by atoms with E-state index in [4.69, 9.17) is 4.42 Å². The number of benzene rings is 1. The Bertz CT molecular complexity index is 697. The van der Waals surface area contributed by atoms with Gasteiger partial charge in [-0.05, 0) is 37.4 Å². The van der Waals surface area contributed by atoms with Gasteiger partial charge < -0.3 is 9.73 Å². The van der Waals surface area contributed by atoms with E-state index in [-0.39, 0.29) is 10.8 Å². The van der Waals surface area contributed by atoms with E-state index in [1.807, 2.05) is 0 Å². The number of sulfonamides is 1. The van der Waals surface area contributed by atoms with Gasteiger partial charge in [-0.2, -0.15) is 8.42 Å². The van der Waals surface area contributed by atoms with Crippen LogP contribution < -0.4 is 9.62 Å². The van der Waals surface area contributed by atoms with Crippen LogP contribution in [-0.4, -0.2) is 22.5 Å². The van der Waals surface area contributed by atoms with Crippen molar-refractivity contribution in [1.82, 2.24) is 5.32 Å². The van der Waals surface area contributed by atoms with Crippen LogP contribution in [0.1, 0.15) is 5.76 Å². The smallest absolute Gasteiger partial charge is 0.297 e. The Hall–Kier alpha value is -1.86. The number of hydrogen-bond donors (Lipinski definition) is 1. The van der Waals surface area contributed by atoms with Gasteiger partial charge in [0.1, 0.15) is 11.6 Å². The molecular formula is C13H15FN2O3S. The topological polar surface area (TPSA) is 62.6 Å². The summed E-state index contributed by atoms with van der Waals surface area (Å²) in [7, 11) is -0.751. The minimum absolute atomic E-state index is 0.172. The van der Waals surface area contributed by atoms with Crippen molar-refractivity contribution >= 4 is 15.7 Å². The molecule has 2 rings (SSSR count). The first kappa shape index (κ1) is 14.5. The van der Waals surface area contributed by atoms with Crippen molar-refractivity contribution in [1.29, 1.82) is 0 Å². The van der Waals surface area contributed by atoms with Crippen molar-refractivity contribution in [2.45, 2.75) is 11.6 Å². The van der Waals surface area contributed by atoms with Gasteiger partial charge in [0.05, 0.1) is 12.2 Å². The normalized spacial score (nSPS) is 11.6. The molecule has 0 fully saturated rings. The van der Waals surface area contributed by atoms with Crippen LogP contribution in [0.2, 0.25) is 0 Å². The summed E-state index contributed by atoms with van der Waals surface area (Å²) < 4.78 is 44.1. The lowest BCUT2D eigenvalue weighted by atomic mass is 10.3. The monoisotopic (exact) mass is 298 g/mol. The van der Waals surface area contributed by atoms with Crippen LogP contribution in [0, 0.1) is 5.82 Å². The fourth-order valence-corrected chi connectivity index (χ4v) is 2.83. The van der Waals surface area contributed by atoms with Crippen molar-refractivity contribution < 1.29 is 17.2 Å². The molecule has 0 aliphatic carbocycles. The fourth-order valence-electron chi connectivity index (χ4n) is 1.71. The van der Waals surface area contributed by atoms with Crippen molar-refractivity contribution in [3.8, 4) is 0 Å². The quantitative estimate of drug-likeness (QED) is 0.916. The van der Waals surface area contributed by atoms with Crippen molar-refractivity contribution in [3.63, 3.8) is 0 Å². The summed E-state index contributed by atoms with van der Waals surface area (Å²) in [4.78, 5) is 0. The molecule has 0 unspecified atom stereocenters. The molecule has 1 aromatic heterocycles. The van der Waals surface area contributed by atoms with Crippen LogP contribution in [0.25, 0.3) is 0 Å². The Morgan fingerprint density at radius 3 is 2.70 bits per heavy atom. The molecule has 0 radical (unpaired) electrons. The highest BCUT2D eigenvalue weighted by atomic mass is 32.2. The van der Waals surface area contributed by atoms with Gasteiger partial charge in [0.25, 0.3) is 10.0 Å². The molecule has 2 aromatic rings. The first-order valence-corrected chi connectivity index (χ1v) is 7.37. The average Bonchev–Trinajstić information content (AvgIpc) is 2.87. The molecule has 20 heavy (non-hydrogen) atoms. The SMILES string of the molecule is CNCc1ccc(S(=O)(=O)N(C)c2cccc(F)c2)o1. The molecule has 0 aliphatic heterocycles. The zero-order chi connectivity index (χ0) is 14.8. The van der Waals surface area contributed by atoms with Gasteiger partial charge in [-0.1, -0.05) is 6.07 Å². The fraction of sp³-hybridized carbons (Fsp3) is 0.231. The van der Waals surface area contributed by atoms with Crippen LogP contribution in [0.5, 0.6) is 0 Å². The second kappa shape index (κ2) is 5.64. The first-order chi connectivity index (χ1) is 9.45. The highest BCUT2D eigenvalue weighted by Crippen LogP contribution is 2.23. The number of nitrogens with one attached hydrogen (secondary N) is 1. The molecule has 0 bridgehead atoms. The highest BCUT2D eigenvalue weighted by Gasteiger charge is 2.25. The maximum absolute atomic E-state index is 13.2. The predicted molar refractivity (Wildman–Crippen MR) is 73.5 cm³/mol. The molecule has 0 saturated carbocycles. The van der Waals surface area contributed by atoms with E-state index in [9.17, 15) is 12.8 Å². The lowest BCUT2D eigenvalue weighted by Gasteiger charge is -2.17. The Labute approximate surface area is 117 Å². The van der Waals surface area contributed by atoms with Gasteiger partial charge in [0.2, 0.25) is 5.09 Å². The number of nitrogens with zero attached hydrogens (tertiary/aromatic N) is 1. The molecule has 0 saturated heterocycles. The Balaban J connectivity index is 2.33. The zero-order valence-corrected chi connectivity index (χ0v) is 11.9. The Morgan fingerprint density at radius 1 is 1.30 bits per heavy atom. The van der Waals surface area contributed by atoms with Gasteiger partial charge >= 0.3 is 0 Å². The maximum atomic E-state index is 13.2. The summed E-state index contributed by atoms with van der Waals surface area (Å²) >= 11 is 0. The summed E-state index contributed by atoms with van der Waals surface area (Å²) in [6.07, 6.45) is 0. The molecule has 0 atom stereocenters. The largest absolute Gasteiger partial charge is 0.446 e. The Morgan fingerprint density at radius 2 is 2.05 bits per heavy atom. The van der Waals surface area contributed by atoms with Gasteiger partial charge in [-0.25, -0.2) is 4.39 Å². The minimum atomic E-state index is -3.83. The average molecular weight is 298 g/mol. The van der Waals surface area contributed by atoms with Crippen molar-refractivity contribution in [2.75, 3.05) is 18.4 Å². The molecule has 108 valence electrons. The summed E-state index contributed by atoms with van der Waals surface area (Å²) in [5.41, 5.74) is 0.233. The van der Waals surface area contributed by atoms with Gasteiger partial charge in [0.15, 0.2) is 0 Å². The summed E-state index contributed by atoms with van der Waals surface area (Å²) in [6.45, 7) is 0.430. The van der Waals surface area contributed by atoms with E-state index in [0.717, 1.165) is 10.4 Å². The number of hydrogen-bond acceptors (Lipinski definition) is 4. The number of anilines is 1. The third-order valence-electron chi connectivity index (χ3n) is 2.77.